The highest BCUT2D eigenvalue weighted by Crippen LogP contribution is 2.36. The van der Waals surface area contributed by atoms with Crippen molar-refractivity contribution in [2.75, 3.05) is 6.61 Å². The summed E-state index contributed by atoms with van der Waals surface area (Å²) in [5, 5.41) is 10.5. The largest absolute Gasteiger partial charge is 0.390 e. The minimum absolute atomic E-state index is 0.301. The van der Waals surface area contributed by atoms with Gasteiger partial charge in [-0.3, -0.25) is 0 Å². The van der Waals surface area contributed by atoms with Gasteiger partial charge in [-0.1, -0.05) is 26.7 Å². The van der Waals surface area contributed by atoms with Crippen LogP contribution in [0.1, 0.15) is 59.8 Å². The Labute approximate surface area is 100 Å². The third kappa shape index (κ3) is 3.21. The van der Waals surface area contributed by atoms with Crippen LogP contribution in [0.5, 0.6) is 0 Å². The lowest BCUT2D eigenvalue weighted by atomic mass is 9.75. The molecular weight excluding hydrogens is 200 g/mol. The third-order valence-corrected chi connectivity index (χ3v) is 4.31. The van der Waals surface area contributed by atoms with Crippen molar-refractivity contribution in [3.63, 3.8) is 0 Å². The van der Waals surface area contributed by atoms with E-state index in [2.05, 4.69) is 20.8 Å². The van der Waals surface area contributed by atoms with Gasteiger partial charge in [-0.15, -0.1) is 0 Å². The molecule has 0 saturated heterocycles. The van der Waals surface area contributed by atoms with Gasteiger partial charge in [0, 0.05) is 6.61 Å². The fourth-order valence-electron chi connectivity index (χ4n) is 2.83. The Kier molecular flexibility index (Phi) is 5.26. The van der Waals surface area contributed by atoms with Crippen LogP contribution in [-0.2, 0) is 4.74 Å². The molecule has 96 valence electrons. The monoisotopic (exact) mass is 228 g/mol. The van der Waals surface area contributed by atoms with Crippen molar-refractivity contribution in [3.05, 3.63) is 0 Å². The van der Waals surface area contributed by atoms with Gasteiger partial charge in [0.25, 0.3) is 0 Å². The molecule has 0 radical (unpaired) electrons. The Morgan fingerprint density at radius 2 is 1.81 bits per heavy atom. The van der Waals surface area contributed by atoms with Crippen molar-refractivity contribution in [1.82, 2.24) is 0 Å². The lowest BCUT2D eigenvalue weighted by molar-refractivity contribution is -0.136. The molecule has 0 amide bonds. The minimum Gasteiger partial charge on any atom is -0.390 e. The molecule has 0 heterocycles. The van der Waals surface area contributed by atoms with E-state index in [-0.39, 0.29) is 11.7 Å². The molecule has 0 aromatic carbocycles. The first-order valence-electron chi connectivity index (χ1n) is 6.85. The summed E-state index contributed by atoms with van der Waals surface area (Å²) in [7, 11) is 0. The molecule has 1 saturated carbocycles. The summed E-state index contributed by atoms with van der Waals surface area (Å²) >= 11 is 0. The Balaban J connectivity index is 2.57. The molecule has 1 rings (SSSR count). The van der Waals surface area contributed by atoms with Gasteiger partial charge in [-0.2, -0.15) is 0 Å². The summed E-state index contributed by atoms with van der Waals surface area (Å²) in [5.74, 6) is 1.27. The van der Waals surface area contributed by atoms with E-state index in [1.54, 1.807) is 0 Å². The Morgan fingerprint density at radius 1 is 1.25 bits per heavy atom. The predicted molar refractivity (Wildman–Crippen MR) is 67.5 cm³/mol. The summed E-state index contributed by atoms with van der Waals surface area (Å²) in [6.45, 7) is 9.15. The molecule has 0 bridgehead atoms. The summed E-state index contributed by atoms with van der Waals surface area (Å²) in [6, 6.07) is 0. The van der Waals surface area contributed by atoms with Crippen LogP contribution in [0.4, 0.5) is 0 Å². The summed E-state index contributed by atoms with van der Waals surface area (Å²) < 4.78 is 5.77. The fourth-order valence-corrected chi connectivity index (χ4v) is 2.83. The van der Waals surface area contributed by atoms with Crippen LogP contribution >= 0.6 is 0 Å². The van der Waals surface area contributed by atoms with Crippen LogP contribution in [-0.4, -0.2) is 23.4 Å². The Hall–Kier alpha value is -0.0800. The number of hydrogen-bond donors (Lipinski definition) is 1. The van der Waals surface area contributed by atoms with Gasteiger partial charge in [0.2, 0.25) is 0 Å². The second kappa shape index (κ2) is 6.02. The topological polar surface area (TPSA) is 29.5 Å². The average molecular weight is 228 g/mol. The van der Waals surface area contributed by atoms with Crippen LogP contribution in [0, 0.1) is 11.8 Å². The van der Waals surface area contributed by atoms with Crippen molar-refractivity contribution in [1.29, 1.82) is 0 Å². The summed E-state index contributed by atoms with van der Waals surface area (Å²) in [6.07, 6.45) is 5.41. The van der Waals surface area contributed by atoms with Gasteiger partial charge < -0.3 is 9.84 Å². The second-order valence-corrected chi connectivity index (χ2v) is 5.56. The molecule has 2 heteroatoms. The molecule has 1 aliphatic rings. The summed E-state index contributed by atoms with van der Waals surface area (Å²) in [4.78, 5) is 0. The van der Waals surface area contributed by atoms with Gasteiger partial charge in [-0.25, -0.2) is 0 Å². The first-order valence-corrected chi connectivity index (χ1v) is 6.85. The first kappa shape index (κ1) is 14.0. The van der Waals surface area contributed by atoms with E-state index in [1.165, 1.54) is 12.8 Å². The van der Waals surface area contributed by atoms with E-state index in [4.69, 9.17) is 4.74 Å². The highest BCUT2D eigenvalue weighted by Gasteiger charge is 2.38. The molecule has 1 aliphatic carbocycles. The molecule has 16 heavy (non-hydrogen) atoms. The highest BCUT2D eigenvalue weighted by atomic mass is 16.5. The van der Waals surface area contributed by atoms with Gasteiger partial charge in [0.1, 0.15) is 0 Å². The lowest BCUT2D eigenvalue weighted by Crippen LogP contribution is -2.46. The van der Waals surface area contributed by atoms with E-state index in [9.17, 15) is 5.11 Å². The quantitative estimate of drug-likeness (QED) is 0.781. The predicted octanol–water partition coefficient (Wildman–Crippen LogP) is 3.38. The van der Waals surface area contributed by atoms with E-state index in [0.29, 0.717) is 12.5 Å². The highest BCUT2D eigenvalue weighted by molar-refractivity contribution is 4.89. The smallest absolute Gasteiger partial charge is 0.0912 e. The Morgan fingerprint density at radius 3 is 2.25 bits per heavy atom. The summed E-state index contributed by atoms with van der Waals surface area (Å²) in [5.41, 5.74) is -0.347. The SMILES string of the molecule is CCOC(C)(CC)C(O)C1CCC(C)CC1. The van der Waals surface area contributed by atoms with E-state index in [1.807, 2.05) is 6.92 Å². The maximum Gasteiger partial charge on any atom is 0.0912 e. The van der Waals surface area contributed by atoms with E-state index >= 15 is 0 Å². The lowest BCUT2D eigenvalue weighted by Gasteiger charge is -2.40. The minimum atomic E-state index is -0.347. The van der Waals surface area contributed by atoms with Gasteiger partial charge in [0.05, 0.1) is 11.7 Å². The number of aliphatic hydroxyl groups is 1. The molecule has 1 fully saturated rings. The molecule has 1 N–H and O–H groups in total. The zero-order chi connectivity index (χ0) is 12.2. The molecule has 0 aromatic heterocycles. The molecule has 2 unspecified atom stereocenters. The maximum atomic E-state index is 10.5. The number of ether oxygens (including phenoxy) is 1. The van der Waals surface area contributed by atoms with Crippen LogP contribution < -0.4 is 0 Å². The molecule has 2 nitrogen and oxygen atoms in total. The zero-order valence-electron chi connectivity index (χ0n) is 11.3. The van der Waals surface area contributed by atoms with Gasteiger partial charge in [-0.05, 0) is 44.9 Å². The molecular formula is C14H28O2. The van der Waals surface area contributed by atoms with Crippen LogP contribution in [0.2, 0.25) is 0 Å². The van der Waals surface area contributed by atoms with Crippen molar-refractivity contribution < 1.29 is 9.84 Å². The van der Waals surface area contributed by atoms with Crippen molar-refractivity contribution in [3.8, 4) is 0 Å². The van der Waals surface area contributed by atoms with Crippen LogP contribution in [0.15, 0.2) is 0 Å². The van der Waals surface area contributed by atoms with Crippen molar-refractivity contribution >= 4 is 0 Å². The van der Waals surface area contributed by atoms with Crippen molar-refractivity contribution in [2.45, 2.75) is 71.5 Å². The molecule has 0 aliphatic heterocycles. The van der Waals surface area contributed by atoms with Crippen LogP contribution in [0.25, 0.3) is 0 Å². The average Bonchev–Trinajstić information content (AvgIpc) is 2.29. The third-order valence-electron chi connectivity index (χ3n) is 4.31. The van der Waals surface area contributed by atoms with Gasteiger partial charge >= 0.3 is 0 Å². The van der Waals surface area contributed by atoms with Crippen molar-refractivity contribution in [2.24, 2.45) is 11.8 Å². The first-order chi connectivity index (χ1) is 7.53. The number of aliphatic hydroxyl groups excluding tert-OH is 1. The molecule has 0 spiro atoms. The fraction of sp³-hybridized carbons (Fsp3) is 1.00. The van der Waals surface area contributed by atoms with E-state index in [0.717, 1.165) is 25.2 Å². The number of rotatable bonds is 5. The zero-order valence-corrected chi connectivity index (χ0v) is 11.3. The Bertz CT molecular complexity index is 197. The second-order valence-electron chi connectivity index (χ2n) is 5.56. The normalized spacial score (nSPS) is 32.1. The van der Waals surface area contributed by atoms with Crippen LogP contribution in [0.3, 0.4) is 0 Å². The maximum absolute atomic E-state index is 10.5. The number of hydrogen-bond acceptors (Lipinski definition) is 2. The molecule has 0 aromatic rings. The standard InChI is InChI=1S/C14H28O2/c1-5-14(4,16-6-2)13(15)12-9-7-11(3)8-10-12/h11-13,15H,5-10H2,1-4H3. The van der Waals surface area contributed by atoms with E-state index < -0.39 is 0 Å². The van der Waals surface area contributed by atoms with Gasteiger partial charge in [0.15, 0.2) is 0 Å². The molecule has 2 atom stereocenters.